The molecule has 0 atom stereocenters. The highest BCUT2D eigenvalue weighted by Gasteiger charge is 1.81. The number of hydrogen-bond donors (Lipinski definition) is 2. The van der Waals surface area contributed by atoms with Crippen LogP contribution in [0.3, 0.4) is 0 Å². The summed E-state index contributed by atoms with van der Waals surface area (Å²) in [5.74, 6) is -0.965. The summed E-state index contributed by atoms with van der Waals surface area (Å²) >= 11 is 3.42. The van der Waals surface area contributed by atoms with Crippen molar-refractivity contribution in [2.45, 2.75) is 6.92 Å². The van der Waals surface area contributed by atoms with Gasteiger partial charge in [0.05, 0.1) is 11.8 Å². The topological polar surface area (TPSA) is 61.1 Å². The van der Waals surface area contributed by atoms with Gasteiger partial charge in [-0.2, -0.15) is 17.9 Å². The lowest BCUT2D eigenvalue weighted by molar-refractivity contribution is -0.133. The molecule has 3 nitrogen and oxygen atoms in total. The molecule has 0 unspecified atom stereocenters. The Bertz CT molecular complexity index is 96.7. The van der Waals surface area contributed by atoms with Gasteiger partial charge in [-0.05, 0) is 0 Å². The number of aliphatic carboxylic acids is 1. The first-order valence-corrected chi connectivity index (χ1v) is 2.45. The molecule has 0 spiro atoms. The smallest absolute Gasteiger partial charge is 0.313 e. The molecular weight excluding hydrogens is 126 g/mol. The molecule has 0 aromatic carbocycles. The minimum Gasteiger partial charge on any atom is -0.481 e. The molecule has 0 fully saturated rings. The summed E-state index contributed by atoms with van der Waals surface area (Å²) in [6, 6.07) is 1.75. The van der Waals surface area contributed by atoms with Crippen LogP contribution in [0.15, 0.2) is 0 Å². The number of carboxylic acid groups (broad SMARTS) is 1. The number of nitriles is 1. The summed E-state index contributed by atoms with van der Waals surface area (Å²) in [7, 11) is 0. The number of carboxylic acids is 1. The summed E-state index contributed by atoms with van der Waals surface area (Å²) in [4.78, 5) is 9.29. The summed E-state index contributed by atoms with van der Waals surface area (Å²) in [5.41, 5.74) is 0. The fraction of sp³-hybridized carbons (Fsp3) is 0.500. The lowest BCUT2D eigenvalue weighted by Gasteiger charge is -1.71. The third kappa shape index (κ3) is 57.5. The van der Waals surface area contributed by atoms with Crippen LogP contribution in [0.25, 0.3) is 0 Å². The van der Waals surface area contributed by atoms with Crippen LogP contribution in [0.4, 0.5) is 0 Å². The van der Waals surface area contributed by atoms with E-state index in [-0.39, 0.29) is 5.75 Å². The predicted octanol–water partition coefficient (Wildman–Crippen LogP) is 0.531. The van der Waals surface area contributed by atoms with Gasteiger partial charge in [0.1, 0.15) is 0 Å². The van der Waals surface area contributed by atoms with Gasteiger partial charge in [0.2, 0.25) is 0 Å². The fourth-order valence-electron chi connectivity index (χ4n) is 0. The first-order valence-electron chi connectivity index (χ1n) is 1.82. The average molecular weight is 133 g/mol. The van der Waals surface area contributed by atoms with Gasteiger partial charge >= 0.3 is 5.97 Å². The van der Waals surface area contributed by atoms with Crippen LogP contribution in [0.2, 0.25) is 0 Å². The zero-order valence-electron chi connectivity index (χ0n) is 4.46. The first-order chi connectivity index (χ1) is 3.68. The van der Waals surface area contributed by atoms with Gasteiger partial charge in [-0.3, -0.25) is 4.79 Å². The molecular formula is C4H7NO2S. The highest BCUT2D eigenvalue weighted by atomic mass is 32.1. The van der Waals surface area contributed by atoms with E-state index in [9.17, 15) is 4.79 Å². The number of rotatable bonds is 1. The van der Waals surface area contributed by atoms with E-state index in [1.165, 1.54) is 6.92 Å². The van der Waals surface area contributed by atoms with E-state index in [0.717, 1.165) is 0 Å². The second kappa shape index (κ2) is 9.58. The van der Waals surface area contributed by atoms with E-state index in [4.69, 9.17) is 10.4 Å². The minimum absolute atomic E-state index is 0.0833. The zero-order valence-corrected chi connectivity index (χ0v) is 5.35. The van der Waals surface area contributed by atoms with Gasteiger partial charge in [-0.1, -0.05) is 0 Å². The molecule has 0 saturated heterocycles. The summed E-state index contributed by atoms with van der Waals surface area (Å²) in [5, 5.41) is 15.0. The molecule has 0 aliphatic carbocycles. The molecule has 0 rings (SSSR count). The van der Waals surface area contributed by atoms with Crippen LogP contribution < -0.4 is 0 Å². The Morgan fingerprint density at radius 3 is 2.12 bits per heavy atom. The van der Waals surface area contributed by atoms with E-state index >= 15 is 0 Å². The van der Waals surface area contributed by atoms with Crippen molar-refractivity contribution < 1.29 is 9.90 Å². The Morgan fingerprint density at radius 1 is 2.00 bits per heavy atom. The molecule has 0 aromatic rings. The van der Waals surface area contributed by atoms with E-state index in [0.29, 0.717) is 0 Å². The van der Waals surface area contributed by atoms with Crippen LogP contribution in [0.5, 0.6) is 0 Å². The van der Waals surface area contributed by atoms with Crippen molar-refractivity contribution >= 4 is 18.6 Å². The summed E-state index contributed by atoms with van der Waals surface area (Å²) in [6.45, 7) is 1.43. The highest BCUT2D eigenvalue weighted by Crippen LogP contribution is 1.66. The van der Waals surface area contributed by atoms with Crippen molar-refractivity contribution in [3.05, 3.63) is 0 Å². The van der Waals surface area contributed by atoms with Crippen molar-refractivity contribution in [3.8, 4) is 6.07 Å². The Balaban J connectivity index is 0. The van der Waals surface area contributed by atoms with Crippen molar-refractivity contribution in [1.82, 2.24) is 0 Å². The first kappa shape index (κ1) is 10.3. The van der Waals surface area contributed by atoms with Gasteiger partial charge in [0, 0.05) is 6.92 Å². The molecule has 8 heavy (non-hydrogen) atoms. The molecule has 0 heterocycles. The minimum atomic E-state index is -0.881. The second-order valence-corrected chi connectivity index (χ2v) is 1.09. The monoisotopic (exact) mass is 133 g/mol. The second-order valence-electron chi connectivity index (χ2n) is 0.775. The van der Waals surface area contributed by atoms with E-state index in [1.54, 1.807) is 6.07 Å². The number of nitrogens with zero attached hydrogens (tertiary/aromatic N) is 1. The molecule has 0 amide bonds. The maximum Gasteiger partial charge on any atom is 0.313 e. The third-order valence-corrected chi connectivity index (χ3v) is 0.406. The van der Waals surface area contributed by atoms with Crippen LogP contribution >= 0.6 is 12.6 Å². The molecule has 46 valence electrons. The van der Waals surface area contributed by atoms with Gasteiger partial charge in [-0.15, -0.1) is 0 Å². The summed E-state index contributed by atoms with van der Waals surface area (Å²) < 4.78 is 0. The predicted molar refractivity (Wildman–Crippen MR) is 32.8 cm³/mol. The maximum absolute atomic E-state index is 9.29. The quantitative estimate of drug-likeness (QED) is 0.513. The van der Waals surface area contributed by atoms with Gasteiger partial charge < -0.3 is 5.11 Å². The Hall–Kier alpha value is -0.690. The Labute approximate surface area is 53.3 Å². The number of hydrogen-bond acceptors (Lipinski definition) is 3. The van der Waals surface area contributed by atoms with Crippen molar-refractivity contribution in [1.29, 1.82) is 5.26 Å². The highest BCUT2D eigenvalue weighted by molar-refractivity contribution is 7.81. The van der Waals surface area contributed by atoms with Crippen LogP contribution in [0.1, 0.15) is 6.92 Å². The van der Waals surface area contributed by atoms with Crippen LogP contribution in [-0.2, 0) is 4.79 Å². The van der Waals surface area contributed by atoms with Gasteiger partial charge in [0.25, 0.3) is 0 Å². The molecule has 0 aromatic heterocycles. The fourth-order valence-corrected chi connectivity index (χ4v) is 0. The zero-order chi connectivity index (χ0) is 6.99. The maximum atomic E-state index is 9.29. The molecule has 0 bridgehead atoms. The number of thiol groups is 1. The molecule has 4 heteroatoms. The van der Waals surface area contributed by atoms with Gasteiger partial charge in [0.15, 0.2) is 0 Å². The van der Waals surface area contributed by atoms with E-state index < -0.39 is 5.97 Å². The lowest BCUT2D eigenvalue weighted by Crippen LogP contribution is -1.92. The summed E-state index contributed by atoms with van der Waals surface area (Å²) in [6.07, 6.45) is 0. The van der Waals surface area contributed by atoms with Crippen LogP contribution in [-0.4, -0.2) is 16.8 Å². The average Bonchev–Trinajstić information content (AvgIpc) is 1.69. The normalized spacial score (nSPS) is 5.62. The molecule has 0 radical (unpaired) electrons. The molecule has 1 N–H and O–H groups in total. The number of carbonyl (C=O) groups is 1. The van der Waals surface area contributed by atoms with Crippen molar-refractivity contribution in [2.75, 3.05) is 5.75 Å². The van der Waals surface area contributed by atoms with Crippen molar-refractivity contribution in [2.24, 2.45) is 0 Å². The standard InChI is InChI=1S/C2H3N.C2H4O2S/c1-2-3;3-2(4)1-5/h1H3;5H,1H2,(H,3,4). The molecule has 0 aliphatic rings. The molecule has 0 saturated carbocycles. The third-order valence-electron chi connectivity index (χ3n) is 0.135. The van der Waals surface area contributed by atoms with Crippen LogP contribution in [0, 0.1) is 11.3 Å². The Kier molecular flexibility index (Phi) is 12.4. The van der Waals surface area contributed by atoms with Crippen molar-refractivity contribution in [3.63, 3.8) is 0 Å². The van der Waals surface area contributed by atoms with E-state index in [2.05, 4.69) is 12.6 Å². The molecule has 0 aliphatic heterocycles. The lowest BCUT2D eigenvalue weighted by atomic mass is 10.8. The van der Waals surface area contributed by atoms with E-state index in [1.807, 2.05) is 0 Å². The largest absolute Gasteiger partial charge is 0.481 e. The Morgan fingerprint density at radius 2 is 2.12 bits per heavy atom. The van der Waals surface area contributed by atoms with Gasteiger partial charge in [-0.25, -0.2) is 0 Å². The SMILES string of the molecule is CC#N.O=C(O)CS.